The fraction of sp³-hybridized carbons (Fsp3) is 0.308. The molecule has 3 heterocycles. The third-order valence-electron chi connectivity index (χ3n) is 3.07. The Morgan fingerprint density at radius 2 is 2.05 bits per heavy atom. The summed E-state index contributed by atoms with van der Waals surface area (Å²) in [4.78, 5) is 13.9. The number of amides is 1. The number of nitrogens with zero attached hydrogens (tertiary/aromatic N) is 3. The summed E-state index contributed by atoms with van der Waals surface area (Å²) >= 11 is 0. The van der Waals surface area contributed by atoms with E-state index in [4.69, 9.17) is 4.42 Å². The van der Waals surface area contributed by atoms with Gasteiger partial charge >= 0.3 is 0 Å². The van der Waals surface area contributed by atoms with Crippen molar-refractivity contribution in [3.05, 3.63) is 36.3 Å². The van der Waals surface area contributed by atoms with E-state index in [0.29, 0.717) is 5.82 Å². The highest BCUT2D eigenvalue weighted by Gasteiger charge is 2.14. The molecule has 0 radical (unpaired) electrons. The first kappa shape index (κ1) is 11.7. The zero-order chi connectivity index (χ0) is 13.1. The fourth-order valence-corrected chi connectivity index (χ4v) is 2.09. The number of anilines is 2. The minimum atomic E-state index is -0.326. The summed E-state index contributed by atoms with van der Waals surface area (Å²) in [6.45, 7) is 2.04. The molecule has 0 aliphatic carbocycles. The maximum Gasteiger partial charge on any atom is 0.292 e. The van der Waals surface area contributed by atoms with Crippen molar-refractivity contribution in [1.82, 2.24) is 10.2 Å². The van der Waals surface area contributed by atoms with Gasteiger partial charge in [-0.2, -0.15) is 0 Å². The summed E-state index contributed by atoms with van der Waals surface area (Å²) in [7, 11) is 0. The van der Waals surface area contributed by atoms with E-state index in [9.17, 15) is 4.79 Å². The predicted molar refractivity (Wildman–Crippen MR) is 70.1 cm³/mol. The number of carbonyl (C=O) groups excluding carboxylic acids is 1. The molecule has 0 unspecified atom stereocenters. The van der Waals surface area contributed by atoms with Gasteiger partial charge in [-0.05, 0) is 37.1 Å². The number of hydrogen-bond donors (Lipinski definition) is 1. The molecule has 0 spiro atoms. The summed E-state index contributed by atoms with van der Waals surface area (Å²) in [5.74, 6) is 1.21. The lowest BCUT2D eigenvalue weighted by Gasteiger charge is -2.15. The van der Waals surface area contributed by atoms with Gasteiger partial charge in [-0.15, -0.1) is 10.2 Å². The predicted octanol–water partition coefficient (Wildman–Crippen LogP) is 1.92. The molecule has 2 aromatic rings. The molecule has 0 saturated carbocycles. The van der Waals surface area contributed by atoms with Crippen LogP contribution < -0.4 is 10.2 Å². The third kappa shape index (κ3) is 2.57. The quantitative estimate of drug-likeness (QED) is 0.910. The highest BCUT2D eigenvalue weighted by Crippen LogP contribution is 2.17. The highest BCUT2D eigenvalue weighted by atomic mass is 16.3. The largest absolute Gasteiger partial charge is 0.459 e. The van der Waals surface area contributed by atoms with Gasteiger partial charge in [0.25, 0.3) is 5.91 Å². The van der Waals surface area contributed by atoms with E-state index in [0.717, 1.165) is 18.9 Å². The average molecular weight is 258 g/mol. The zero-order valence-electron chi connectivity index (χ0n) is 10.4. The van der Waals surface area contributed by atoms with Crippen LogP contribution >= 0.6 is 0 Å². The normalized spacial score (nSPS) is 14.6. The van der Waals surface area contributed by atoms with Gasteiger partial charge in [0.2, 0.25) is 0 Å². The van der Waals surface area contributed by atoms with Crippen molar-refractivity contribution in [1.29, 1.82) is 0 Å². The molecule has 6 nitrogen and oxygen atoms in total. The lowest BCUT2D eigenvalue weighted by molar-refractivity contribution is 0.0996. The number of furan rings is 1. The molecule has 0 atom stereocenters. The highest BCUT2D eigenvalue weighted by molar-refractivity contribution is 6.01. The van der Waals surface area contributed by atoms with Crippen LogP contribution in [0, 0.1) is 0 Å². The molecule has 1 saturated heterocycles. The maximum absolute atomic E-state index is 11.7. The minimum absolute atomic E-state index is 0.255. The van der Waals surface area contributed by atoms with Crippen molar-refractivity contribution >= 4 is 17.5 Å². The van der Waals surface area contributed by atoms with Crippen molar-refractivity contribution in [3.63, 3.8) is 0 Å². The van der Waals surface area contributed by atoms with Crippen molar-refractivity contribution in [3.8, 4) is 0 Å². The van der Waals surface area contributed by atoms with Crippen LogP contribution in [0.15, 0.2) is 34.9 Å². The van der Waals surface area contributed by atoms with E-state index in [-0.39, 0.29) is 11.7 Å². The van der Waals surface area contributed by atoms with Gasteiger partial charge in [-0.3, -0.25) is 4.79 Å². The summed E-state index contributed by atoms with van der Waals surface area (Å²) < 4.78 is 5.00. The number of hydrogen-bond acceptors (Lipinski definition) is 5. The molecule has 1 N–H and O–H groups in total. The smallest absolute Gasteiger partial charge is 0.292 e. The molecule has 1 aliphatic heterocycles. The molecule has 1 fully saturated rings. The van der Waals surface area contributed by atoms with Gasteiger partial charge in [-0.25, -0.2) is 0 Å². The van der Waals surface area contributed by atoms with Crippen LogP contribution in [-0.2, 0) is 0 Å². The molecule has 1 amide bonds. The van der Waals surface area contributed by atoms with E-state index in [2.05, 4.69) is 20.4 Å². The minimum Gasteiger partial charge on any atom is -0.459 e. The van der Waals surface area contributed by atoms with Crippen LogP contribution in [0.5, 0.6) is 0 Å². The second-order valence-electron chi connectivity index (χ2n) is 4.40. The SMILES string of the molecule is O=C(Nc1ccc(N2CCCC2)nn1)c1ccco1. The molecule has 0 aromatic carbocycles. The van der Waals surface area contributed by atoms with Crippen LogP contribution in [0.3, 0.4) is 0 Å². The van der Waals surface area contributed by atoms with Gasteiger partial charge in [0, 0.05) is 13.1 Å². The first-order valence-electron chi connectivity index (χ1n) is 6.26. The van der Waals surface area contributed by atoms with Gasteiger partial charge in [0.1, 0.15) is 0 Å². The molecule has 0 bridgehead atoms. The van der Waals surface area contributed by atoms with E-state index in [1.165, 1.54) is 19.1 Å². The van der Waals surface area contributed by atoms with Crippen molar-refractivity contribution < 1.29 is 9.21 Å². The Hall–Kier alpha value is -2.37. The molecule has 2 aromatic heterocycles. The van der Waals surface area contributed by atoms with E-state index in [1.54, 1.807) is 18.2 Å². The molecule has 3 rings (SSSR count). The van der Waals surface area contributed by atoms with E-state index >= 15 is 0 Å². The Labute approximate surface area is 110 Å². The van der Waals surface area contributed by atoms with Crippen LogP contribution in [0.4, 0.5) is 11.6 Å². The van der Waals surface area contributed by atoms with Crippen molar-refractivity contribution in [2.24, 2.45) is 0 Å². The number of rotatable bonds is 3. The first-order valence-corrected chi connectivity index (χ1v) is 6.26. The number of carbonyl (C=O) groups is 1. The lowest BCUT2D eigenvalue weighted by atomic mass is 10.4. The van der Waals surface area contributed by atoms with Crippen molar-refractivity contribution in [2.45, 2.75) is 12.8 Å². The summed E-state index contributed by atoms with van der Waals surface area (Å²) in [6.07, 6.45) is 3.84. The molecule has 6 heteroatoms. The molecular weight excluding hydrogens is 244 g/mol. The topological polar surface area (TPSA) is 71.3 Å². The summed E-state index contributed by atoms with van der Waals surface area (Å²) in [5.41, 5.74) is 0. The Morgan fingerprint density at radius 3 is 2.68 bits per heavy atom. The fourth-order valence-electron chi connectivity index (χ4n) is 2.09. The van der Waals surface area contributed by atoms with Crippen LogP contribution in [0.1, 0.15) is 23.4 Å². The number of aromatic nitrogens is 2. The van der Waals surface area contributed by atoms with E-state index < -0.39 is 0 Å². The average Bonchev–Trinajstić information content (AvgIpc) is 3.13. The molecule has 19 heavy (non-hydrogen) atoms. The summed E-state index contributed by atoms with van der Waals surface area (Å²) in [6, 6.07) is 6.88. The molecule has 1 aliphatic rings. The second kappa shape index (κ2) is 5.09. The standard InChI is InChI=1S/C13H14N4O2/c18-13(10-4-3-9-19-10)14-11-5-6-12(16-15-11)17-7-1-2-8-17/h3-6,9H,1-2,7-8H2,(H,14,15,18). The Bertz CT molecular complexity index is 545. The first-order chi connectivity index (χ1) is 9.33. The maximum atomic E-state index is 11.7. The second-order valence-corrected chi connectivity index (χ2v) is 4.40. The van der Waals surface area contributed by atoms with Crippen molar-refractivity contribution in [2.75, 3.05) is 23.3 Å². The van der Waals surface area contributed by atoms with Crippen LogP contribution in [-0.4, -0.2) is 29.2 Å². The monoisotopic (exact) mass is 258 g/mol. The van der Waals surface area contributed by atoms with Gasteiger partial charge in [-0.1, -0.05) is 0 Å². The lowest BCUT2D eigenvalue weighted by Crippen LogP contribution is -2.20. The van der Waals surface area contributed by atoms with Crippen LogP contribution in [0.25, 0.3) is 0 Å². The number of nitrogens with one attached hydrogen (secondary N) is 1. The zero-order valence-corrected chi connectivity index (χ0v) is 10.4. The van der Waals surface area contributed by atoms with E-state index in [1.807, 2.05) is 6.07 Å². The van der Waals surface area contributed by atoms with Gasteiger partial charge in [0.05, 0.1) is 6.26 Å². The third-order valence-corrected chi connectivity index (χ3v) is 3.07. The Kier molecular flexibility index (Phi) is 3.14. The Morgan fingerprint density at radius 1 is 1.21 bits per heavy atom. The Balaban J connectivity index is 1.67. The molecular formula is C13H14N4O2. The summed E-state index contributed by atoms with van der Waals surface area (Å²) in [5, 5.41) is 10.8. The van der Waals surface area contributed by atoms with Gasteiger partial charge < -0.3 is 14.6 Å². The molecule has 98 valence electrons. The van der Waals surface area contributed by atoms with Gasteiger partial charge in [0.15, 0.2) is 17.4 Å². The van der Waals surface area contributed by atoms with Crippen LogP contribution in [0.2, 0.25) is 0 Å².